The van der Waals surface area contributed by atoms with Gasteiger partial charge < -0.3 is 19.5 Å². The molecule has 0 aliphatic carbocycles. The van der Waals surface area contributed by atoms with E-state index >= 15 is 0 Å². The molecule has 0 spiro atoms. The first kappa shape index (κ1) is 30.8. The summed E-state index contributed by atoms with van der Waals surface area (Å²) >= 11 is 0. The van der Waals surface area contributed by atoms with Crippen molar-refractivity contribution in [2.24, 2.45) is 10.3 Å². The van der Waals surface area contributed by atoms with Crippen LogP contribution in [0, 0.1) is 6.92 Å². The summed E-state index contributed by atoms with van der Waals surface area (Å²) in [6, 6.07) is 12.3. The van der Waals surface area contributed by atoms with Gasteiger partial charge in [0, 0.05) is 23.7 Å². The van der Waals surface area contributed by atoms with Crippen LogP contribution in [0.3, 0.4) is 0 Å². The lowest BCUT2D eigenvalue weighted by atomic mass is 10.0. The molecule has 1 heterocycles. The molecule has 0 unspecified atom stereocenters. The van der Waals surface area contributed by atoms with Crippen LogP contribution in [0.15, 0.2) is 57.3 Å². The van der Waals surface area contributed by atoms with Gasteiger partial charge >= 0.3 is 12.1 Å². The number of carbonyl (C=O) groups excluding carboxylic acids is 1. The lowest BCUT2D eigenvalue weighted by Gasteiger charge is -2.09. The molecule has 0 saturated carbocycles. The fraction of sp³-hybridized carbons (Fsp3) is 0.320. The van der Waals surface area contributed by atoms with Crippen LogP contribution in [0.2, 0.25) is 0 Å². The van der Waals surface area contributed by atoms with Crippen molar-refractivity contribution in [3.8, 4) is 11.4 Å². The third-order valence-electron chi connectivity index (χ3n) is 4.48. The SMILES string of the molecule is CC.CNC=O.CO/N=C\c1cccc(C)c1CO/N=C(\C)c1cccc(-c2noc(C(F)(F)F)n2)c1. The predicted molar refractivity (Wildman–Crippen MR) is 134 cm³/mol. The third-order valence-corrected chi connectivity index (χ3v) is 4.48. The average Bonchev–Trinajstić information content (AvgIpc) is 3.41. The molecule has 1 N–H and O–H groups in total. The normalized spacial score (nSPS) is 11.1. The molecule has 0 fully saturated rings. The molecule has 200 valence electrons. The third kappa shape index (κ3) is 9.74. The molecule has 2 aromatic carbocycles. The van der Waals surface area contributed by atoms with Gasteiger partial charge in [-0.3, -0.25) is 4.79 Å². The highest BCUT2D eigenvalue weighted by atomic mass is 19.4. The highest BCUT2D eigenvalue weighted by molar-refractivity contribution is 5.99. The van der Waals surface area contributed by atoms with Gasteiger partial charge in [-0.15, -0.1) is 0 Å². The Labute approximate surface area is 213 Å². The first-order chi connectivity index (χ1) is 17.7. The number of amides is 1. The van der Waals surface area contributed by atoms with Crippen LogP contribution in [0.25, 0.3) is 11.4 Å². The lowest BCUT2D eigenvalue weighted by molar-refractivity contribution is -0.159. The number of hydrogen-bond donors (Lipinski definition) is 1. The molecule has 0 aliphatic rings. The molecule has 0 atom stereocenters. The van der Waals surface area contributed by atoms with Crippen LogP contribution in [-0.2, 0) is 27.3 Å². The number of oxime groups is 2. The Hall–Kier alpha value is -4.22. The molecule has 3 aromatic rings. The van der Waals surface area contributed by atoms with Gasteiger partial charge in [0.05, 0.1) is 11.9 Å². The summed E-state index contributed by atoms with van der Waals surface area (Å²) in [5.41, 5.74) is 4.29. The van der Waals surface area contributed by atoms with E-state index in [1.165, 1.54) is 7.11 Å². The fourth-order valence-electron chi connectivity index (χ4n) is 2.74. The zero-order valence-electron chi connectivity index (χ0n) is 21.5. The predicted octanol–water partition coefficient (Wildman–Crippen LogP) is 5.37. The number of nitrogens with zero attached hydrogens (tertiary/aromatic N) is 4. The molecule has 1 aromatic heterocycles. The number of alkyl halides is 3. The smallest absolute Gasteiger partial charge is 0.399 e. The van der Waals surface area contributed by atoms with E-state index in [4.69, 9.17) is 14.5 Å². The van der Waals surface area contributed by atoms with Gasteiger partial charge in [0.2, 0.25) is 12.2 Å². The second kappa shape index (κ2) is 15.7. The molecule has 9 nitrogen and oxygen atoms in total. The highest BCUT2D eigenvalue weighted by Crippen LogP contribution is 2.29. The number of aryl methyl sites for hydroxylation is 1. The van der Waals surface area contributed by atoms with Crippen molar-refractivity contribution in [2.75, 3.05) is 14.2 Å². The number of carbonyl (C=O) groups is 1. The number of benzene rings is 2. The van der Waals surface area contributed by atoms with E-state index < -0.39 is 12.1 Å². The maximum atomic E-state index is 12.7. The highest BCUT2D eigenvalue weighted by Gasteiger charge is 2.38. The largest absolute Gasteiger partial charge is 0.471 e. The van der Waals surface area contributed by atoms with Crippen LogP contribution < -0.4 is 5.32 Å². The Morgan fingerprint density at radius 1 is 1.19 bits per heavy atom. The van der Waals surface area contributed by atoms with Gasteiger partial charge in [0.15, 0.2) is 0 Å². The zero-order valence-corrected chi connectivity index (χ0v) is 21.5. The lowest BCUT2D eigenvalue weighted by Crippen LogP contribution is -2.04. The van der Waals surface area contributed by atoms with Crippen molar-refractivity contribution in [1.82, 2.24) is 15.5 Å². The van der Waals surface area contributed by atoms with Crippen molar-refractivity contribution in [1.29, 1.82) is 0 Å². The number of halogens is 3. The van der Waals surface area contributed by atoms with Crippen LogP contribution in [0.1, 0.15) is 48.9 Å². The first-order valence-electron chi connectivity index (χ1n) is 11.2. The second-order valence-corrected chi connectivity index (χ2v) is 6.92. The Kier molecular flexibility index (Phi) is 13.1. The molecule has 12 heteroatoms. The van der Waals surface area contributed by atoms with Gasteiger partial charge in [0.25, 0.3) is 0 Å². The van der Waals surface area contributed by atoms with Gasteiger partial charge in [-0.2, -0.15) is 18.2 Å². The molecular formula is C25H30F3N5O4. The summed E-state index contributed by atoms with van der Waals surface area (Å²) < 4.78 is 42.3. The monoisotopic (exact) mass is 521 g/mol. The summed E-state index contributed by atoms with van der Waals surface area (Å²) in [5.74, 6) is -1.56. The van der Waals surface area contributed by atoms with Crippen LogP contribution in [0.5, 0.6) is 0 Å². The van der Waals surface area contributed by atoms with Crippen molar-refractivity contribution < 1.29 is 32.2 Å². The van der Waals surface area contributed by atoms with Crippen LogP contribution >= 0.6 is 0 Å². The minimum atomic E-state index is -4.70. The molecule has 0 radical (unpaired) electrons. The summed E-state index contributed by atoms with van der Waals surface area (Å²) in [7, 11) is 3.02. The van der Waals surface area contributed by atoms with Crippen molar-refractivity contribution in [3.63, 3.8) is 0 Å². The Balaban J connectivity index is 0.00000104. The Morgan fingerprint density at radius 3 is 2.46 bits per heavy atom. The van der Waals surface area contributed by atoms with Gasteiger partial charge in [0.1, 0.15) is 13.7 Å². The molecule has 0 aliphatic heterocycles. The topological polar surface area (TPSA) is 111 Å². The molecule has 0 saturated heterocycles. The Bertz CT molecular complexity index is 1180. The zero-order chi connectivity index (χ0) is 27.8. The number of aromatic nitrogens is 2. The van der Waals surface area contributed by atoms with E-state index in [9.17, 15) is 13.2 Å². The molecule has 3 rings (SSSR count). The summed E-state index contributed by atoms with van der Waals surface area (Å²) in [4.78, 5) is 22.7. The van der Waals surface area contributed by atoms with Crippen molar-refractivity contribution in [2.45, 2.75) is 40.5 Å². The van der Waals surface area contributed by atoms with E-state index in [-0.39, 0.29) is 12.4 Å². The van der Waals surface area contributed by atoms with Gasteiger partial charge in [-0.05, 0) is 31.0 Å². The van der Waals surface area contributed by atoms with Gasteiger partial charge in [-0.25, -0.2) is 0 Å². The maximum Gasteiger partial charge on any atom is 0.471 e. The molecular weight excluding hydrogens is 491 g/mol. The van der Waals surface area contributed by atoms with Crippen molar-refractivity contribution >= 4 is 18.3 Å². The quantitative estimate of drug-likeness (QED) is 0.242. The second-order valence-electron chi connectivity index (χ2n) is 6.92. The minimum Gasteiger partial charge on any atom is -0.399 e. The van der Waals surface area contributed by atoms with E-state index in [2.05, 4.69) is 30.3 Å². The van der Waals surface area contributed by atoms with E-state index in [0.29, 0.717) is 23.2 Å². The van der Waals surface area contributed by atoms with Crippen LogP contribution in [0.4, 0.5) is 13.2 Å². The standard InChI is InChI=1S/C21H19F3N4O3.C2H5NO.C2H6/c1-13-6-4-9-17(11-25-29-3)18(13)12-30-27-14(2)15-7-5-8-16(10-15)19-26-20(31-28-19)21(22,23)24;1-3-2-4;1-2/h4-11H,12H2,1-3H3;2H,1H3,(H,3,4);1-2H3/b25-11-,27-14+;;. The van der Waals surface area contributed by atoms with Crippen molar-refractivity contribution in [3.05, 3.63) is 70.6 Å². The first-order valence-corrected chi connectivity index (χ1v) is 11.2. The molecule has 0 bridgehead atoms. The summed E-state index contributed by atoms with van der Waals surface area (Å²) in [6.45, 7) is 7.87. The fourth-order valence-corrected chi connectivity index (χ4v) is 2.74. The summed E-state index contributed by atoms with van der Waals surface area (Å²) in [6.07, 6.45) is -2.48. The maximum absolute atomic E-state index is 12.7. The van der Waals surface area contributed by atoms with E-state index in [1.54, 1.807) is 44.5 Å². The van der Waals surface area contributed by atoms with Crippen LogP contribution in [-0.4, -0.2) is 42.6 Å². The molecule has 37 heavy (non-hydrogen) atoms. The number of nitrogens with one attached hydrogen (secondary N) is 1. The minimum absolute atomic E-state index is 0.162. The average molecular weight is 522 g/mol. The Morgan fingerprint density at radius 2 is 1.86 bits per heavy atom. The number of rotatable bonds is 8. The van der Waals surface area contributed by atoms with E-state index in [0.717, 1.165) is 16.7 Å². The van der Waals surface area contributed by atoms with E-state index in [1.807, 2.05) is 39.0 Å². The number of hydrogen-bond acceptors (Lipinski definition) is 8. The summed E-state index contributed by atoms with van der Waals surface area (Å²) in [5, 5.41) is 13.6. The van der Waals surface area contributed by atoms with Gasteiger partial charge in [-0.1, -0.05) is 65.7 Å². The molecule has 1 amide bonds.